The molecule has 0 spiro atoms. The standard InChI is InChI=1S/C4H4N2O2/c7-4-1-2-6(8)3-5-4/h1-3,8H. The van der Waals surface area contributed by atoms with E-state index >= 15 is 0 Å². The normalized spacial score (nSPS) is 9.00. The van der Waals surface area contributed by atoms with Crippen molar-refractivity contribution in [3.63, 3.8) is 0 Å². The van der Waals surface area contributed by atoms with Crippen LogP contribution in [0.2, 0.25) is 0 Å². The van der Waals surface area contributed by atoms with Gasteiger partial charge in [0.15, 0.2) is 0 Å². The number of rotatable bonds is 0. The van der Waals surface area contributed by atoms with Crippen molar-refractivity contribution in [2.24, 2.45) is 0 Å². The maximum Gasteiger partial charge on any atom is 0.272 e. The molecular formula is C4H4N2O2. The number of hydrogen-bond donors (Lipinski definition) is 1. The molecular weight excluding hydrogens is 108 g/mol. The third-order valence-electron chi connectivity index (χ3n) is 0.673. The zero-order chi connectivity index (χ0) is 5.98. The Morgan fingerprint density at radius 1 is 1.75 bits per heavy atom. The molecule has 0 amide bonds. The Kier molecular flexibility index (Phi) is 0.997. The molecule has 4 nitrogen and oxygen atoms in total. The van der Waals surface area contributed by atoms with Crippen molar-refractivity contribution >= 4 is 0 Å². The summed E-state index contributed by atoms with van der Waals surface area (Å²) in [6, 6.07) is 1.17. The van der Waals surface area contributed by atoms with Gasteiger partial charge < -0.3 is 5.21 Å². The molecule has 0 radical (unpaired) electrons. The molecule has 8 heavy (non-hydrogen) atoms. The average molecular weight is 112 g/mol. The van der Waals surface area contributed by atoms with E-state index in [2.05, 4.69) is 4.98 Å². The molecule has 4 heteroatoms. The smallest absolute Gasteiger partial charge is 0.272 e. The lowest BCUT2D eigenvalue weighted by Crippen LogP contribution is -2.05. The highest BCUT2D eigenvalue weighted by Crippen LogP contribution is 1.67. The van der Waals surface area contributed by atoms with Crippen molar-refractivity contribution in [2.45, 2.75) is 0 Å². The molecule has 0 saturated heterocycles. The van der Waals surface area contributed by atoms with Gasteiger partial charge in [0.25, 0.3) is 5.56 Å². The lowest BCUT2D eigenvalue weighted by Gasteiger charge is -1.87. The molecule has 0 aliphatic heterocycles. The van der Waals surface area contributed by atoms with Crippen LogP contribution in [0.5, 0.6) is 0 Å². The highest BCUT2D eigenvalue weighted by atomic mass is 16.5. The van der Waals surface area contributed by atoms with E-state index in [1.54, 1.807) is 0 Å². The molecule has 1 heterocycles. The molecule has 0 atom stereocenters. The van der Waals surface area contributed by atoms with Gasteiger partial charge >= 0.3 is 0 Å². The Labute approximate surface area is 45.0 Å². The first-order valence-corrected chi connectivity index (χ1v) is 2.02. The van der Waals surface area contributed by atoms with Crippen LogP contribution < -0.4 is 5.56 Å². The second kappa shape index (κ2) is 1.65. The Morgan fingerprint density at radius 2 is 2.50 bits per heavy atom. The summed E-state index contributed by atoms with van der Waals surface area (Å²) in [4.78, 5) is 13.4. The van der Waals surface area contributed by atoms with Gasteiger partial charge in [-0.25, -0.2) is 0 Å². The van der Waals surface area contributed by atoms with Gasteiger partial charge in [-0.15, -0.1) is 0 Å². The van der Waals surface area contributed by atoms with Crippen molar-refractivity contribution in [1.82, 2.24) is 9.71 Å². The molecule has 0 saturated carbocycles. The Bertz CT molecular complexity index is 209. The van der Waals surface area contributed by atoms with Crippen molar-refractivity contribution in [3.8, 4) is 0 Å². The molecule has 1 aromatic heterocycles. The summed E-state index contributed by atoms with van der Waals surface area (Å²) in [6.45, 7) is 0. The second-order valence-corrected chi connectivity index (χ2v) is 1.28. The van der Waals surface area contributed by atoms with E-state index in [4.69, 9.17) is 5.21 Å². The Balaban J connectivity index is 3.22. The van der Waals surface area contributed by atoms with Gasteiger partial charge in [-0.05, 0) is 0 Å². The van der Waals surface area contributed by atoms with E-state index in [0.717, 1.165) is 6.33 Å². The Morgan fingerprint density at radius 3 is 2.88 bits per heavy atom. The number of aromatic nitrogens is 2. The molecule has 0 aliphatic rings. The van der Waals surface area contributed by atoms with Crippen molar-refractivity contribution in [2.75, 3.05) is 0 Å². The fraction of sp³-hybridized carbons (Fsp3) is 0. The van der Waals surface area contributed by atoms with Gasteiger partial charge in [0.2, 0.25) is 0 Å². The van der Waals surface area contributed by atoms with E-state index in [1.165, 1.54) is 12.3 Å². The van der Waals surface area contributed by atoms with E-state index in [-0.39, 0.29) is 5.56 Å². The molecule has 0 unspecified atom stereocenters. The van der Waals surface area contributed by atoms with Crippen LogP contribution in [0.25, 0.3) is 0 Å². The zero-order valence-electron chi connectivity index (χ0n) is 3.98. The predicted molar refractivity (Wildman–Crippen MR) is 25.7 cm³/mol. The third kappa shape index (κ3) is 0.841. The summed E-state index contributed by atoms with van der Waals surface area (Å²) in [5, 5.41) is 8.47. The van der Waals surface area contributed by atoms with Crippen LogP contribution in [0.15, 0.2) is 23.4 Å². The molecule has 0 bridgehead atoms. The van der Waals surface area contributed by atoms with Gasteiger partial charge in [-0.3, -0.25) is 4.79 Å². The highest BCUT2D eigenvalue weighted by Gasteiger charge is 1.79. The van der Waals surface area contributed by atoms with Crippen molar-refractivity contribution in [1.29, 1.82) is 0 Å². The minimum absolute atomic E-state index is 0.352. The first-order valence-electron chi connectivity index (χ1n) is 2.02. The number of nitrogens with zero attached hydrogens (tertiary/aromatic N) is 2. The maximum absolute atomic E-state index is 10.2. The quantitative estimate of drug-likeness (QED) is 0.459. The summed E-state index contributed by atoms with van der Waals surface area (Å²) in [5.74, 6) is 0. The van der Waals surface area contributed by atoms with Gasteiger partial charge in [-0.2, -0.15) is 9.71 Å². The summed E-state index contributed by atoms with van der Waals surface area (Å²) in [6.07, 6.45) is 2.25. The Hall–Kier alpha value is -1.32. The van der Waals surface area contributed by atoms with Crippen LogP contribution in [0.3, 0.4) is 0 Å². The van der Waals surface area contributed by atoms with E-state index in [0.29, 0.717) is 4.73 Å². The monoisotopic (exact) mass is 112 g/mol. The molecule has 0 aromatic carbocycles. The molecule has 1 rings (SSSR count). The van der Waals surface area contributed by atoms with Gasteiger partial charge in [0, 0.05) is 6.07 Å². The van der Waals surface area contributed by atoms with Crippen LogP contribution >= 0.6 is 0 Å². The minimum atomic E-state index is -0.352. The zero-order valence-corrected chi connectivity index (χ0v) is 3.98. The lowest BCUT2D eigenvalue weighted by atomic mass is 10.7. The van der Waals surface area contributed by atoms with Crippen molar-refractivity contribution in [3.05, 3.63) is 28.9 Å². The van der Waals surface area contributed by atoms with E-state index < -0.39 is 0 Å². The minimum Gasteiger partial charge on any atom is -0.428 e. The summed E-state index contributed by atoms with van der Waals surface area (Å²) in [7, 11) is 0. The summed E-state index contributed by atoms with van der Waals surface area (Å²) < 4.78 is 0.710. The highest BCUT2D eigenvalue weighted by molar-refractivity contribution is 4.78. The van der Waals surface area contributed by atoms with Crippen molar-refractivity contribution < 1.29 is 5.21 Å². The van der Waals surface area contributed by atoms with Gasteiger partial charge in [0.05, 0.1) is 6.20 Å². The van der Waals surface area contributed by atoms with Gasteiger partial charge in [-0.1, -0.05) is 0 Å². The molecule has 1 N–H and O–H groups in total. The second-order valence-electron chi connectivity index (χ2n) is 1.28. The summed E-state index contributed by atoms with van der Waals surface area (Å²) >= 11 is 0. The molecule has 0 aliphatic carbocycles. The lowest BCUT2D eigenvalue weighted by molar-refractivity contribution is 0.180. The molecule has 0 fully saturated rings. The third-order valence-corrected chi connectivity index (χ3v) is 0.673. The number of hydrogen-bond acceptors (Lipinski definition) is 3. The average Bonchev–Trinajstić information content (AvgIpc) is 1.77. The topological polar surface area (TPSA) is 55.1 Å². The fourth-order valence-corrected chi connectivity index (χ4v) is 0.338. The SMILES string of the molecule is O=c1ccn(O)cn1. The summed E-state index contributed by atoms with van der Waals surface area (Å²) in [5.41, 5.74) is -0.352. The van der Waals surface area contributed by atoms with Gasteiger partial charge in [0.1, 0.15) is 6.33 Å². The largest absolute Gasteiger partial charge is 0.428 e. The van der Waals surface area contributed by atoms with Crippen LogP contribution in [0, 0.1) is 0 Å². The van der Waals surface area contributed by atoms with E-state index in [1.807, 2.05) is 0 Å². The van der Waals surface area contributed by atoms with Crippen LogP contribution in [0.1, 0.15) is 0 Å². The predicted octanol–water partition coefficient (Wildman–Crippen LogP) is -0.519. The van der Waals surface area contributed by atoms with Crippen LogP contribution in [0.4, 0.5) is 0 Å². The maximum atomic E-state index is 10.2. The van der Waals surface area contributed by atoms with Crippen LogP contribution in [-0.2, 0) is 0 Å². The molecule has 1 aromatic rings. The molecule has 42 valence electrons. The van der Waals surface area contributed by atoms with E-state index in [9.17, 15) is 4.79 Å². The fourth-order valence-electron chi connectivity index (χ4n) is 0.338. The van der Waals surface area contributed by atoms with Crippen LogP contribution in [-0.4, -0.2) is 14.9 Å². The first kappa shape index (κ1) is 4.83. The first-order chi connectivity index (χ1) is 3.79.